The van der Waals surface area contributed by atoms with Crippen LogP contribution in [0.4, 0.5) is 18.9 Å². The number of methoxy groups -OCH3 is 1. The first-order valence-corrected chi connectivity index (χ1v) is 10.2. The summed E-state index contributed by atoms with van der Waals surface area (Å²) in [6.45, 7) is 0. The summed E-state index contributed by atoms with van der Waals surface area (Å²) in [5.41, 5.74) is -0.506. The van der Waals surface area contributed by atoms with Crippen LogP contribution >= 0.6 is 0 Å². The predicted octanol–water partition coefficient (Wildman–Crippen LogP) is 2.98. The maximum absolute atomic E-state index is 12.9. The summed E-state index contributed by atoms with van der Waals surface area (Å²) >= 11 is 0. The average molecular weight is 452 g/mol. The first kappa shape index (κ1) is 20.7. The van der Waals surface area contributed by atoms with Gasteiger partial charge in [0.25, 0.3) is 10.0 Å². The second-order valence-electron chi connectivity index (χ2n) is 6.46. The number of nitrogens with zero attached hydrogens (tertiary/aromatic N) is 5. The number of anilines is 1. The highest BCUT2D eigenvalue weighted by atomic mass is 32.2. The molecule has 4 rings (SSSR count). The van der Waals surface area contributed by atoms with Gasteiger partial charge in [-0.25, -0.2) is 17.8 Å². The number of aryl methyl sites for hydroxylation is 1. The quantitative estimate of drug-likeness (QED) is 0.499. The Kier molecular flexibility index (Phi) is 4.84. The van der Waals surface area contributed by atoms with Gasteiger partial charge in [-0.15, -0.1) is 0 Å². The van der Waals surface area contributed by atoms with E-state index < -0.39 is 21.9 Å². The van der Waals surface area contributed by atoms with Gasteiger partial charge in [-0.2, -0.15) is 23.4 Å². The van der Waals surface area contributed by atoms with Crippen molar-refractivity contribution in [2.75, 3.05) is 11.8 Å². The highest BCUT2D eigenvalue weighted by Gasteiger charge is 2.32. The second kappa shape index (κ2) is 7.27. The van der Waals surface area contributed by atoms with Crippen molar-refractivity contribution in [1.82, 2.24) is 24.5 Å². The lowest BCUT2D eigenvalue weighted by molar-refractivity contribution is -0.141. The van der Waals surface area contributed by atoms with Crippen molar-refractivity contribution in [2.45, 2.75) is 11.1 Å². The highest BCUT2D eigenvalue weighted by Crippen LogP contribution is 2.31. The molecule has 0 bridgehead atoms. The van der Waals surface area contributed by atoms with Crippen molar-refractivity contribution in [3.05, 3.63) is 54.6 Å². The van der Waals surface area contributed by atoms with Crippen LogP contribution in [0.15, 0.2) is 53.8 Å². The van der Waals surface area contributed by atoms with Crippen molar-refractivity contribution < 1.29 is 26.3 Å². The molecular weight excluding hydrogens is 437 g/mol. The number of ether oxygens (including phenoxy) is 1. The number of aromatic nitrogens is 5. The summed E-state index contributed by atoms with van der Waals surface area (Å²) in [6.07, 6.45) is -1.52. The molecule has 0 amide bonds. The van der Waals surface area contributed by atoms with Crippen LogP contribution in [-0.2, 0) is 23.2 Å². The van der Waals surface area contributed by atoms with Gasteiger partial charge in [0.05, 0.1) is 36.3 Å². The number of sulfonamides is 1. The van der Waals surface area contributed by atoms with Gasteiger partial charge < -0.3 is 4.74 Å². The Morgan fingerprint density at radius 3 is 2.68 bits per heavy atom. The lowest BCUT2D eigenvalue weighted by Crippen LogP contribution is -2.12. The SMILES string of the molecule is COc1c2cccc(NS(=O)(=O)c3cnn(-c4ccnc(C(F)(F)F)c4)c3)c2nn1C. The van der Waals surface area contributed by atoms with Gasteiger partial charge >= 0.3 is 6.18 Å². The molecule has 0 radical (unpaired) electrons. The van der Waals surface area contributed by atoms with Gasteiger partial charge in [-0.05, 0) is 24.3 Å². The van der Waals surface area contributed by atoms with Crippen LogP contribution in [0.5, 0.6) is 5.88 Å². The van der Waals surface area contributed by atoms with E-state index in [4.69, 9.17) is 4.74 Å². The molecule has 1 N–H and O–H groups in total. The van der Waals surface area contributed by atoms with Crippen LogP contribution in [0.2, 0.25) is 0 Å². The minimum absolute atomic E-state index is 0.0142. The zero-order valence-electron chi connectivity index (χ0n) is 16.1. The number of halogens is 3. The number of alkyl halides is 3. The maximum Gasteiger partial charge on any atom is 0.433 e. The topological polar surface area (TPSA) is 104 Å². The van der Waals surface area contributed by atoms with E-state index in [1.807, 2.05) is 0 Å². The Morgan fingerprint density at radius 1 is 1.19 bits per heavy atom. The highest BCUT2D eigenvalue weighted by molar-refractivity contribution is 7.92. The van der Waals surface area contributed by atoms with Gasteiger partial charge in [-0.1, -0.05) is 6.07 Å². The molecule has 0 fully saturated rings. The molecule has 0 saturated heterocycles. The Bertz CT molecular complexity index is 1380. The first-order chi connectivity index (χ1) is 14.6. The molecular formula is C18H15F3N6O3S. The number of fused-ring (bicyclic) bond motifs is 1. The number of pyridine rings is 1. The fourth-order valence-corrected chi connectivity index (χ4v) is 4.02. The monoisotopic (exact) mass is 452 g/mol. The molecule has 0 aliphatic carbocycles. The normalized spacial score (nSPS) is 12.3. The Balaban J connectivity index is 1.68. The van der Waals surface area contributed by atoms with E-state index in [2.05, 4.69) is 19.9 Å². The third-order valence-electron chi connectivity index (χ3n) is 4.42. The van der Waals surface area contributed by atoms with E-state index in [0.29, 0.717) is 16.8 Å². The minimum atomic E-state index is -4.64. The summed E-state index contributed by atoms with van der Waals surface area (Å²) in [4.78, 5) is 3.04. The zero-order valence-corrected chi connectivity index (χ0v) is 16.9. The first-order valence-electron chi connectivity index (χ1n) is 8.71. The van der Waals surface area contributed by atoms with Gasteiger partial charge in [0.15, 0.2) is 0 Å². The van der Waals surface area contributed by atoms with Crippen molar-refractivity contribution in [1.29, 1.82) is 0 Å². The predicted molar refractivity (Wildman–Crippen MR) is 104 cm³/mol. The molecule has 31 heavy (non-hydrogen) atoms. The Morgan fingerprint density at radius 2 is 1.97 bits per heavy atom. The summed E-state index contributed by atoms with van der Waals surface area (Å²) in [5.74, 6) is 0.460. The van der Waals surface area contributed by atoms with Gasteiger partial charge in [0.1, 0.15) is 16.1 Å². The molecule has 3 heterocycles. The van der Waals surface area contributed by atoms with E-state index in [9.17, 15) is 21.6 Å². The molecule has 1 aromatic carbocycles. The van der Waals surface area contributed by atoms with Crippen LogP contribution in [0.25, 0.3) is 16.6 Å². The zero-order chi connectivity index (χ0) is 22.4. The van der Waals surface area contributed by atoms with Crippen LogP contribution in [0.3, 0.4) is 0 Å². The van der Waals surface area contributed by atoms with E-state index >= 15 is 0 Å². The van der Waals surface area contributed by atoms with E-state index in [1.54, 1.807) is 19.2 Å². The molecule has 0 aliphatic rings. The Labute approximate surface area is 174 Å². The van der Waals surface area contributed by atoms with Gasteiger partial charge in [0.2, 0.25) is 5.88 Å². The number of benzene rings is 1. The van der Waals surface area contributed by atoms with E-state index in [0.717, 1.165) is 29.3 Å². The fourth-order valence-electron chi connectivity index (χ4n) is 3.02. The van der Waals surface area contributed by atoms with Gasteiger partial charge in [-0.3, -0.25) is 9.71 Å². The smallest absolute Gasteiger partial charge is 0.433 e. The maximum atomic E-state index is 12.9. The molecule has 0 atom stereocenters. The second-order valence-corrected chi connectivity index (χ2v) is 8.14. The summed E-state index contributed by atoms with van der Waals surface area (Å²) in [7, 11) is -0.967. The number of hydrogen-bond donors (Lipinski definition) is 1. The van der Waals surface area contributed by atoms with Crippen molar-refractivity contribution in [3.8, 4) is 11.6 Å². The number of rotatable bonds is 5. The molecule has 4 aromatic rings. The third-order valence-corrected chi connectivity index (χ3v) is 5.74. The van der Waals surface area contributed by atoms with Crippen LogP contribution < -0.4 is 9.46 Å². The van der Waals surface area contributed by atoms with Crippen molar-refractivity contribution in [2.24, 2.45) is 7.05 Å². The number of nitrogens with one attached hydrogen (secondary N) is 1. The van der Waals surface area contributed by atoms with E-state index in [1.165, 1.54) is 23.9 Å². The molecule has 0 unspecified atom stereocenters. The van der Waals surface area contributed by atoms with Crippen LogP contribution in [0, 0.1) is 0 Å². The van der Waals surface area contributed by atoms with Crippen molar-refractivity contribution >= 4 is 26.6 Å². The van der Waals surface area contributed by atoms with Crippen LogP contribution in [0.1, 0.15) is 5.69 Å². The lowest BCUT2D eigenvalue weighted by atomic mass is 10.2. The summed E-state index contributed by atoms with van der Waals surface area (Å²) in [6, 6.07) is 6.97. The van der Waals surface area contributed by atoms with E-state index in [-0.39, 0.29) is 16.3 Å². The fraction of sp³-hybridized carbons (Fsp3) is 0.167. The minimum Gasteiger partial charge on any atom is -0.481 e. The molecule has 13 heteroatoms. The number of hydrogen-bond acceptors (Lipinski definition) is 6. The molecule has 3 aromatic heterocycles. The molecule has 0 spiro atoms. The molecule has 9 nitrogen and oxygen atoms in total. The van der Waals surface area contributed by atoms with Crippen molar-refractivity contribution in [3.63, 3.8) is 0 Å². The lowest BCUT2D eigenvalue weighted by Gasteiger charge is -2.08. The molecule has 0 saturated carbocycles. The summed E-state index contributed by atoms with van der Waals surface area (Å²) in [5, 5.41) is 8.76. The Hall–Kier alpha value is -3.61. The molecule has 0 aliphatic heterocycles. The summed E-state index contributed by atoms with van der Waals surface area (Å²) < 4.78 is 74.6. The third kappa shape index (κ3) is 3.79. The van der Waals surface area contributed by atoms with Crippen LogP contribution in [-0.4, -0.2) is 40.1 Å². The average Bonchev–Trinajstić information content (AvgIpc) is 3.32. The standard InChI is InChI=1S/C18H15F3N6O3S/c1-26-17(30-2)13-4-3-5-14(16(13)24-26)25-31(28,29)12-9-23-27(10-12)11-6-7-22-15(8-11)18(19,20)21/h3-10,25H,1-2H3. The largest absolute Gasteiger partial charge is 0.481 e. The molecule has 162 valence electrons. The van der Waals surface area contributed by atoms with Gasteiger partial charge in [0, 0.05) is 13.2 Å².